The van der Waals surface area contributed by atoms with Gasteiger partial charge in [0.25, 0.3) is 0 Å². The van der Waals surface area contributed by atoms with Gasteiger partial charge in [-0.25, -0.2) is 0 Å². The lowest BCUT2D eigenvalue weighted by atomic mass is 10.0. The van der Waals surface area contributed by atoms with E-state index in [1.165, 1.54) is 77.0 Å². The molecular weight excluding hydrogens is 234 g/mol. The van der Waals surface area contributed by atoms with Crippen LogP contribution >= 0.6 is 0 Å². The zero-order valence-corrected chi connectivity index (χ0v) is 13.7. The zero-order valence-electron chi connectivity index (χ0n) is 13.7. The maximum absolute atomic E-state index is 5.18. The smallest absolute Gasteiger partial charge is 0.0615 e. The number of hydrogen-bond acceptors (Lipinski definition) is 2. The molecule has 0 aliphatic rings. The minimum Gasteiger partial charge on any atom is -0.383 e. The highest BCUT2D eigenvalue weighted by Crippen LogP contribution is 2.12. The Bertz CT molecular complexity index is 161. The number of ether oxygens (including phenoxy) is 1. The van der Waals surface area contributed by atoms with Crippen LogP contribution < -0.4 is 5.32 Å². The van der Waals surface area contributed by atoms with Crippen molar-refractivity contribution in [1.82, 2.24) is 5.32 Å². The van der Waals surface area contributed by atoms with E-state index in [9.17, 15) is 0 Å². The molecule has 116 valence electrons. The molecule has 0 aromatic heterocycles. The first kappa shape index (κ1) is 18.9. The Hall–Kier alpha value is -0.0800. The fourth-order valence-electron chi connectivity index (χ4n) is 2.57. The van der Waals surface area contributed by atoms with Crippen molar-refractivity contribution in [3.05, 3.63) is 0 Å². The molecular formula is C17H37NO. The largest absolute Gasteiger partial charge is 0.383 e. The summed E-state index contributed by atoms with van der Waals surface area (Å²) in [4.78, 5) is 0. The van der Waals surface area contributed by atoms with Gasteiger partial charge >= 0.3 is 0 Å². The monoisotopic (exact) mass is 271 g/mol. The van der Waals surface area contributed by atoms with Crippen molar-refractivity contribution in [2.45, 2.75) is 90.0 Å². The molecule has 0 saturated heterocycles. The standard InChI is InChI=1S/C17H37NO/c1-4-5-6-7-8-9-10-11-12-13-14-15-17(18-2)16-19-3/h17-18H,4-16H2,1-3H3. The van der Waals surface area contributed by atoms with E-state index in [2.05, 4.69) is 12.2 Å². The first-order chi connectivity index (χ1) is 9.35. The summed E-state index contributed by atoms with van der Waals surface area (Å²) in [5.41, 5.74) is 0. The summed E-state index contributed by atoms with van der Waals surface area (Å²) in [6, 6.07) is 0.545. The van der Waals surface area contributed by atoms with Crippen LogP contribution in [-0.4, -0.2) is 26.8 Å². The topological polar surface area (TPSA) is 21.3 Å². The highest BCUT2D eigenvalue weighted by molar-refractivity contribution is 4.63. The molecule has 1 atom stereocenters. The van der Waals surface area contributed by atoms with Crippen LogP contribution in [0.15, 0.2) is 0 Å². The molecule has 0 spiro atoms. The lowest BCUT2D eigenvalue weighted by molar-refractivity contribution is 0.164. The van der Waals surface area contributed by atoms with Gasteiger partial charge in [-0.2, -0.15) is 0 Å². The van der Waals surface area contributed by atoms with Crippen molar-refractivity contribution in [2.24, 2.45) is 0 Å². The van der Waals surface area contributed by atoms with E-state index in [-0.39, 0.29) is 0 Å². The van der Waals surface area contributed by atoms with E-state index < -0.39 is 0 Å². The van der Waals surface area contributed by atoms with Crippen molar-refractivity contribution in [2.75, 3.05) is 20.8 Å². The normalized spacial score (nSPS) is 12.8. The molecule has 0 aromatic carbocycles. The fraction of sp³-hybridized carbons (Fsp3) is 1.00. The number of nitrogens with one attached hydrogen (secondary N) is 1. The van der Waals surface area contributed by atoms with Crippen LogP contribution in [0, 0.1) is 0 Å². The number of likely N-dealkylation sites (N-methyl/N-ethyl adjacent to an activating group) is 1. The van der Waals surface area contributed by atoms with Crippen LogP contribution in [0.3, 0.4) is 0 Å². The van der Waals surface area contributed by atoms with Gasteiger partial charge in [-0.1, -0.05) is 77.6 Å². The van der Waals surface area contributed by atoms with Crippen molar-refractivity contribution in [3.8, 4) is 0 Å². The molecule has 2 nitrogen and oxygen atoms in total. The number of hydrogen-bond donors (Lipinski definition) is 1. The van der Waals surface area contributed by atoms with Crippen LogP contribution in [0.2, 0.25) is 0 Å². The fourth-order valence-corrected chi connectivity index (χ4v) is 2.57. The van der Waals surface area contributed by atoms with Gasteiger partial charge in [0.1, 0.15) is 0 Å². The molecule has 0 aromatic rings. The van der Waals surface area contributed by atoms with Crippen molar-refractivity contribution >= 4 is 0 Å². The lowest BCUT2D eigenvalue weighted by Crippen LogP contribution is -2.29. The Morgan fingerprint density at radius 3 is 1.68 bits per heavy atom. The van der Waals surface area contributed by atoms with Crippen molar-refractivity contribution < 1.29 is 4.74 Å². The maximum atomic E-state index is 5.18. The Morgan fingerprint density at radius 2 is 1.26 bits per heavy atom. The SMILES string of the molecule is CCCCCCCCCCCCCC(COC)NC. The summed E-state index contributed by atoms with van der Waals surface area (Å²) in [6.45, 7) is 3.12. The Morgan fingerprint density at radius 1 is 0.789 bits per heavy atom. The van der Waals surface area contributed by atoms with Gasteiger partial charge in [-0.3, -0.25) is 0 Å². The van der Waals surface area contributed by atoms with Gasteiger partial charge in [0.05, 0.1) is 6.61 Å². The van der Waals surface area contributed by atoms with Gasteiger partial charge in [-0.05, 0) is 13.5 Å². The van der Waals surface area contributed by atoms with Crippen LogP contribution in [0.4, 0.5) is 0 Å². The summed E-state index contributed by atoms with van der Waals surface area (Å²) >= 11 is 0. The summed E-state index contributed by atoms with van der Waals surface area (Å²) in [5.74, 6) is 0. The summed E-state index contributed by atoms with van der Waals surface area (Å²) < 4.78 is 5.18. The molecule has 0 bridgehead atoms. The van der Waals surface area contributed by atoms with Crippen LogP contribution in [0.1, 0.15) is 84.0 Å². The van der Waals surface area contributed by atoms with E-state index >= 15 is 0 Å². The van der Waals surface area contributed by atoms with Gasteiger partial charge in [0, 0.05) is 13.2 Å². The van der Waals surface area contributed by atoms with Crippen LogP contribution in [0.5, 0.6) is 0 Å². The van der Waals surface area contributed by atoms with Gasteiger partial charge in [-0.15, -0.1) is 0 Å². The first-order valence-corrected chi connectivity index (χ1v) is 8.51. The average Bonchev–Trinajstić information content (AvgIpc) is 2.43. The minimum absolute atomic E-state index is 0.545. The number of methoxy groups -OCH3 is 1. The molecule has 0 heterocycles. The quantitative estimate of drug-likeness (QED) is 0.427. The number of rotatable bonds is 15. The maximum Gasteiger partial charge on any atom is 0.0615 e. The van der Waals surface area contributed by atoms with E-state index in [1.807, 2.05) is 7.05 Å². The first-order valence-electron chi connectivity index (χ1n) is 8.51. The van der Waals surface area contributed by atoms with Gasteiger partial charge in [0.15, 0.2) is 0 Å². The van der Waals surface area contributed by atoms with Gasteiger partial charge in [0.2, 0.25) is 0 Å². The Labute approximate surface area is 121 Å². The third-order valence-corrected chi connectivity index (χ3v) is 3.93. The molecule has 0 saturated carbocycles. The summed E-state index contributed by atoms with van der Waals surface area (Å²) in [6.07, 6.45) is 16.9. The lowest BCUT2D eigenvalue weighted by Gasteiger charge is -2.14. The minimum atomic E-state index is 0.545. The third-order valence-electron chi connectivity index (χ3n) is 3.93. The van der Waals surface area contributed by atoms with E-state index in [0.29, 0.717) is 6.04 Å². The summed E-state index contributed by atoms with van der Waals surface area (Å²) in [7, 11) is 3.81. The molecule has 0 radical (unpaired) electrons. The predicted octanol–water partition coefficient (Wildman–Crippen LogP) is 4.92. The molecule has 0 rings (SSSR count). The average molecular weight is 271 g/mol. The molecule has 2 heteroatoms. The molecule has 0 amide bonds. The predicted molar refractivity (Wildman–Crippen MR) is 85.8 cm³/mol. The second-order valence-electron chi connectivity index (χ2n) is 5.77. The van der Waals surface area contributed by atoms with E-state index in [0.717, 1.165) is 6.61 Å². The molecule has 1 unspecified atom stereocenters. The van der Waals surface area contributed by atoms with Crippen LogP contribution in [0.25, 0.3) is 0 Å². The van der Waals surface area contributed by atoms with Crippen molar-refractivity contribution in [3.63, 3.8) is 0 Å². The second-order valence-corrected chi connectivity index (χ2v) is 5.77. The number of unbranched alkanes of at least 4 members (excludes halogenated alkanes) is 10. The Kier molecular flexibility index (Phi) is 15.9. The zero-order chi connectivity index (χ0) is 14.2. The third kappa shape index (κ3) is 14.1. The highest BCUT2D eigenvalue weighted by atomic mass is 16.5. The van der Waals surface area contributed by atoms with Crippen molar-refractivity contribution in [1.29, 1.82) is 0 Å². The molecule has 0 fully saturated rings. The highest BCUT2D eigenvalue weighted by Gasteiger charge is 2.04. The van der Waals surface area contributed by atoms with Gasteiger partial charge < -0.3 is 10.1 Å². The molecule has 1 N–H and O–H groups in total. The van der Waals surface area contributed by atoms with E-state index in [4.69, 9.17) is 4.74 Å². The molecule has 0 aliphatic heterocycles. The van der Waals surface area contributed by atoms with Crippen LogP contribution in [-0.2, 0) is 4.74 Å². The van der Waals surface area contributed by atoms with E-state index in [1.54, 1.807) is 7.11 Å². The second kappa shape index (κ2) is 16.0. The molecule has 19 heavy (non-hydrogen) atoms. The Balaban J connectivity index is 3.09. The summed E-state index contributed by atoms with van der Waals surface area (Å²) in [5, 5.41) is 3.31. The molecule has 0 aliphatic carbocycles.